The number of benzene rings is 3. The number of anilines is 1. The fraction of sp³-hybridized carbons (Fsp3) is 0.208. The molecule has 0 unspecified atom stereocenters. The first-order valence-electron chi connectivity index (χ1n) is 10.2. The van der Waals surface area contributed by atoms with Gasteiger partial charge in [0.25, 0.3) is 5.91 Å². The van der Waals surface area contributed by atoms with Gasteiger partial charge in [0, 0.05) is 30.8 Å². The summed E-state index contributed by atoms with van der Waals surface area (Å²) >= 11 is 0. The Hall–Kier alpha value is -3.30. The van der Waals surface area contributed by atoms with Crippen LogP contribution in [0.15, 0.2) is 65.6 Å². The van der Waals surface area contributed by atoms with Gasteiger partial charge in [0.05, 0.1) is 17.2 Å². The number of amides is 1. The van der Waals surface area contributed by atoms with E-state index in [1.165, 1.54) is 31.3 Å². The number of hydrogen-bond donors (Lipinski definition) is 1. The molecular formula is C24H24F2N2O4S. The molecule has 0 aliphatic carbocycles. The number of nitrogens with zero attached hydrogens (tertiary/aromatic N) is 1. The minimum atomic E-state index is -3.78. The third kappa shape index (κ3) is 5.74. The van der Waals surface area contributed by atoms with E-state index >= 15 is 0 Å². The van der Waals surface area contributed by atoms with Gasteiger partial charge in [-0.05, 0) is 56.3 Å². The molecule has 0 saturated heterocycles. The SMILES string of the molecule is CCOc1ccc(C(=O)Nc2ccc(F)cc2F)cc1CN(C)S(=O)(=O)c1ccc(C)cc1. The van der Waals surface area contributed by atoms with Gasteiger partial charge in [-0.2, -0.15) is 4.31 Å². The van der Waals surface area contributed by atoms with Crippen molar-refractivity contribution < 1.29 is 26.7 Å². The van der Waals surface area contributed by atoms with Crippen LogP contribution in [0, 0.1) is 18.6 Å². The van der Waals surface area contributed by atoms with Crippen LogP contribution in [0.3, 0.4) is 0 Å². The molecule has 3 rings (SSSR count). The molecule has 0 saturated carbocycles. The van der Waals surface area contributed by atoms with Crippen LogP contribution in [0.1, 0.15) is 28.4 Å². The third-order valence-corrected chi connectivity index (χ3v) is 6.74. The number of hydrogen-bond acceptors (Lipinski definition) is 4. The Morgan fingerprint density at radius 2 is 1.73 bits per heavy atom. The summed E-state index contributed by atoms with van der Waals surface area (Å²) in [5.41, 5.74) is 1.39. The highest BCUT2D eigenvalue weighted by molar-refractivity contribution is 7.89. The number of ether oxygens (including phenoxy) is 1. The summed E-state index contributed by atoms with van der Waals surface area (Å²) in [6.45, 7) is 3.93. The van der Waals surface area contributed by atoms with Gasteiger partial charge < -0.3 is 10.1 Å². The zero-order valence-corrected chi connectivity index (χ0v) is 19.2. The molecule has 0 bridgehead atoms. The predicted molar refractivity (Wildman–Crippen MR) is 122 cm³/mol. The molecule has 3 aromatic carbocycles. The lowest BCUT2D eigenvalue weighted by Gasteiger charge is -2.20. The first-order valence-corrected chi connectivity index (χ1v) is 11.6. The lowest BCUT2D eigenvalue weighted by molar-refractivity contribution is 0.102. The van der Waals surface area contributed by atoms with Gasteiger partial charge in [0.1, 0.15) is 17.4 Å². The molecule has 1 N–H and O–H groups in total. The lowest BCUT2D eigenvalue weighted by Crippen LogP contribution is -2.27. The first kappa shape index (κ1) is 24.3. The van der Waals surface area contributed by atoms with Gasteiger partial charge in [-0.3, -0.25) is 4.79 Å². The molecule has 9 heteroatoms. The number of nitrogens with one attached hydrogen (secondary N) is 1. The van der Waals surface area contributed by atoms with E-state index in [1.807, 2.05) is 6.92 Å². The second-order valence-electron chi connectivity index (χ2n) is 7.41. The van der Waals surface area contributed by atoms with Crippen LogP contribution in [0.4, 0.5) is 14.5 Å². The van der Waals surface area contributed by atoms with Gasteiger partial charge in [0.15, 0.2) is 0 Å². The average molecular weight is 475 g/mol. The van der Waals surface area contributed by atoms with Crippen LogP contribution in [0.2, 0.25) is 0 Å². The third-order valence-electron chi connectivity index (χ3n) is 4.92. The van der Waals surface area contributed by atoms with Crippen molar-refractivity contribution in [2.24, 2.45) is 0 Å². The van der Waals surface area contributed by atoms with Gasteiger partial charge in [0.2, 0.25) is 10.0 Å². The van der Waals surface area contributed by atoms with Crippen molar-refractivity contribution in [1.29, 1.82) is 0 Å². The molecule has 0 atom stereocenters. The largest absolute Gasteiger partial charge is 0.494 e. The first-order chi connectivity index (χ1) is 15.6. The molecule has 0 aliphatic rings. The predicted octanol–water partition coefficient (Wildman–Crippen LogP) is 4.74. The Morgan fingerprint density at radius 3 is 2.36 bits per heavy atom. The van der Waals surface area contributed by atoms with E-state index in [-0.39, 0.29) is 22.7 Å². The smallest absolute Gasteiger partial charge is 0.255 e. The summed E-state index contributed by atoms with van der Waals surface area (Å²) in [5, 5.41) is 2.39. The summed E-state index contributed by atoms with van der Waals surface area (Å²) in [5.74, 6) is -1.87. The highest BCUT2D eigenvalue weighted by Gasteiger charge is 2.23. The van der Waals surface area contributed by atoms with Crippen LogP contribution >= 0.6 is 0 Å². The zero-order valence-electron chi connectivity index (χ0n) is 18.4. The Morgan fingerprint density at radius 1 is 1.03 bits per heavy atom. The summed E-state index contributed by atoms with van der Waals surface area (Å²) in [6.07, 6.45) is 0. The van der Waals surface area contributed by atoms with E-state index in [2.05, 4.69) is 5.32 Å². The lowest BCUT2D eigenvalue weighted by atomic mass is 10.1. The minimum absolute atomic E-state index is 0.0580. The summed E-state index contributed by atoms with van der Waals surface area (Å²) in [7, 11) is -2.35. The monoisotopic (exact) mass is 474 g/mol. The maximum atomic E-state index is 13.9. The Bertz CT molecular complexity index is 1260. The molecule has 0 aliphatic heterocycles. The van der Waals surface area contributed by atoms with E-state index in [0.717, 1.165) is 22.0 Å². The van der Waals surface area contributed by atoms with Crippen molar-refractivity contribution in [3.8, 4) is 5.75 Å². The molecule has 174 valence electrons. The number of sulfonamides is 1. The Balaban J connectivity index is 1.88. The number of carbonyl (C=O) groups excluding carboxylic acids is 1. The quantitative estimate of drug-likeness (QED) is 0.512. The van der Waals surface area contributed by atoms with Crippen molar-refractivity contribution in [2.75, 3.05) is 19.0 Å². The van der Waals surface area contributed by atoms with Crippen molar-refractivity contribution >= 4 is 21.6 Å². The standard InChI is InChI=1S/C24H24F2N2O4S/c1-4-32-23-12-7-17(24(29)27-22-11-8-19(25)14-21(22)26)13-18(23)15-28(3)33(30,31)20-9-5-16(2)6-10-20/h5-14H,4,15H2,1-3H3,(H,27,29). The van der Waals surface area contributed by atoms with Crippen LogP contribution in [-0.4, -0.2) is 32.3 Å². The maximum Gasteiger partial charge on any atom is 0.255 e. The number of aryl methyl sites for hydroxylation is 1. The van der Waals surface area contributed by atoms with Crippen LogP contribution in [0.25, 0.3) is 0 Å². The average Bonchev–Trinajstić information content (AvgIpc) is 2.77. The molecule has 0 radical (unpaired) electrons. The highest BCUT2D eigenvalue weighted by atomic mass is 32.2. The molecule has 6 nitrogen and oxygen atoms in total. The molecule has 0 heterocycles. The highest BCUT2D eigenvalue weighted by Crippen LogP contribution is 2.26. The van der Waals surface area contributed by atoms with Gasteiger partial charge in [-0.25, -0.2) is 17.2 Å². The molecule has 0 spiro atoms. The molecular weight excluding hydrogens is 450 g/mol. The van der Waals surface area contributed by atoms with Crippen molar-refractivity contribution in [1.82, 2.24) is 4.31 Å². The number of rotatable bonds is 8. The Kier molecular flexibility index (Phi) is 7.45. The van der Waals surface area contributed by atoms with Crippen molar-refractivity contribution in [2.45, 2.75) is 25.3 Å². The topological polar surface area (TPSA) is 75.7 Å². The summed E-state index contributed by atoms with van der Waals surface area (Å²) in [4.78, 5) is 12.8. The van der Waals surface area contributed by atoms with Crippen LogP contribution < -0.4 is 10.1 Å². The second-order valence-corrected chi connectivity index (χ2v) is 9.45. The van der Waals surface area contributed by atoms with Gasteiger partial charge in [-0.1, -0.05) is 17.7 Å². The Labute approximate surface area is 191 Å². The van der Waals surface area contributed by atoms with Gasteiger partial charge in [-0.15, -0.1) is 0 Å². The number of carbonyl (C=O) groups is 1. The minimum Gasteiger partial charge on any atom is -0.494 e. The fourth-order valence-electron chi connectivity index (χ4n) is 3.14. The van der Waals surface area contributed by atoms with Crippen molar-refractivity contribution in [3.05, 3.63) is 89.0 Å². The molecule has 0 aromatic heterocycles. The van der Waals surface area contributed by atoms with Crippen LogP contribution in [0.5, 0.6) is 5.75 Å². The van der Waals surface area contributed by atoms with Crippen LogP contribution in [-0.2, 0) is 16.6 Å². The molecule has 33 heavy (non-hydrogen) atoms. The number of halogens is 2. The van der Waals surface area contributed by atoms with E-state index in [1.54, 1.807) is 25.1 Å². The fourth-order valence-corrected chi connectivity index (χ4v) is 4.29. The maximum absolute atomic E-state index is 13.9. The van der Waals surface area contributed by atoms with E-state index < -0.39 is 27.6 Å². The summed E-state index contributed by atoms with van der Waals surface area (Å²) < 4.78 is 59.7. The van der Waals surface area contributed by atoms with Gasteiger partial charge >= 0.3 is 0 Å². The molecule has 0 fully saturated rings. The van der Waals surface area contributed by atoms with E-state index in [0.29, 0.717) is 24.0 Å². The molecule has 3 aromatic rings. The zero-order chi connectivity index (χ0) is 24.2. The van der Waals surface area contributed by atoms with E-state index in [4.69, 9.17) is 4.74 Å². The van der Waals surface area contributed by atoms with Crippen molar-refractivity contribution in [3.63, 3.8) is 0 Å². The summed E-state index contributed by atoms with van der Waals surface area (Å²) in [6, 6.07) is 13.9. The van der Waals surface area contributed by atoms with E-state index in [9.17, 15) is 22.0 Å². The molecule has 1 amide bonds. The second kappa shape index (κ2) is 10.1. The normalized spacial score (nSPS) is 11.5.